The summed E-state index contributed by atoms with van der Waals surface area (Å²) in [5.41, 5.74) is -0.242. The van der Waals surface area contributed by atoms with E-state index in [1.54, 1.807) is 33.8 Å². The van der Waals surface area contributed by atoms with E-state index in [4.69, 9.17) is 9.39 Å². The second-order valence-corrected chi connectivity index (χ2v) is 5.97. The minimum atomic E-state index is -1.12. The molecule has 19 heavy (non-hydrogen) atoms. The fourth-order valence-corrected chi connectivity index (χ4v) is 1.92. The SMILES string of the molecule is CC(C)(O)C(C)(C)OB(O)c1cccc2c1OCC2. The van der Waals surface area contributed by atoms with Crippen LogP contribution in [0.2, 0.25) is 0 Å². The highest BCUT2D eigenvalue weighted by Crippen LogP contribution is 2.27. The lowest BCUT2D eigenvalue weighted by atomic mass is 9.75. The Morgan fingerprint density at radius 2 is 1.95 bits per heavy atom. The van der Waals surface area contributed by atoms with Crippen molar-refractivity contribution in [1.82, 2.24) is 0 Å². The van der Waals surface area contributed by atoms with E-state index in [0.717, 1.165) is 12.0 Å². The molecule has 2 N–H and O–H groups in total. The van der Waals surface area contributed by atoms with Crippen LogP contribution in [0.1, 0.15) is 33.3 Å². The molecule has 0 amide bonds. The Balaban J connectivity index is 2.22. The molecule has 0 fully saturated rings. The van der Waals surface area contributed by atoms with Crippen molar-refractivity contribution < 1.29 is 19.5 Å². The van der Waals surface area contributed by atoms with Crippen LogP contribution in [-0.2, 0) is 11.1 Å². The Hall–Kier alpha value is -1.04. The van der Waals surface area contributed by atoms with E-state index in [2.05, 4.69) is 0 Å². The molecule has 1 aromatic rings. The van der Waals surface area contributed by atoms with Gasteiger partial charge in [-0.2, -0.15) is 0 Å². The van der Waals surface area contributed by atoms with Crippen molar-refractivity contribution >= 4 is 12.6 Å². The van der Waals surface area contributed by atoms with Gasteiger partial charge in [0, 0.05) is 11.9 Å². The third-order valence-corrected chi connectivity index (χ3v) is 3.89. The van der Waals surface area contributed by atoms with E-state index >= 15 is 0 Å². The highest BCUT2D eigenvalue weighted by molar-refractivity contribution is 6.61. The Bertz CT molecular complexity index is 465. The Labute approximate surface area is 114 Å². The molecule has 104 valence electrons. The fourth-order valence-electron chi connectivity index (χ4n) is 1.92. The predicted octanol–water partition coefficient (Wildman–Crippen LogP) is 0.875. The summed E-state index contributed by atoms with van der Waals surface area (Å²) in [6, 6.07) is 5.65. The van der Waals surface area contributed by atoms with Crippen molar-refractivity contribution in [1.29, 1.82) is 0 Å². The van der Waals surface area contributed by atoms with Crippen molar-refractivity contribution in [3.8, 4) is 5.75 Å². The summed E-state index contributed by atoms with van der Waals surface area (Å²) in [5, 5.41) is 20.3. The van der Waals surface area contributed by atoms with Crippen LogP contribution in [0.25, 0.3) is 0 Å². The summed E-state index contributed by atoms with van der Waals surface area (Å²) in [6.07, 6.45) is 0.852. The normalized spacial score (nSPS) is 15.1. The van der Waals surface area contributed by atoms with Crippen molar-refractivity contribution in [3.63, 3.8) is 0 Å². The second-order valence-electron chi connectivity index (χ2n) is 5.97. The van der Waals surface area contributed by atoms with Gasteiger partial charge in [0.2, 0.25) is 0 Å². The maximum atomic E-state index is 10.3. The van der Waals surface area contributed by atoms with E-state index < -0.39 is 18.3 Å². The number of hydrogen-bond acceptors (Lipinski definition) is 4. The molecular formula is C14H21BO4. The first kappa shape index (κ1) is 14.4. The van der Waals surface area contributed by atoms with Crippen molar-refractivity contribution in [2.45, 2.75) is 45.3 Å². The third kappa shape index (κ3) is 2.78. The predicted molar refractivity (Wildman–Crippen MR) is 74.7 cm³/mol. The van der Waals surface area contributed by atoms with Gasteiger partial charge in [-0.25, -0.2) is 0 Å². The molecule has 0 saturated heterocycles. The molecule has 0 spiro atoms. The van der Waals surface area contributed by atoms with Crippen LogP contribution in [0.4, 0.5) is 0 Å². The van der Waals surface area contributed by atoms with Gasteiger partial charge < -0.3 is 19.5 Å². The average molecular weight is 264 g/mol. The van der Waals surface area contributed by atoms with Gasteiger partial charge in [0.15, 0.2) is 0 Å². The highest BCUT2D eigenvalue weighted by Gasteiger charge is 2.40. The van der Waals surface area contributed by atoms with Gasteiger partial charge in [-0.3, -0.25) is 0 Å². The molecule has 2 rings (SSSR count). The highest BCUT2D eigenvalue weighted by atomic mass is 16.6. The van der Waals surface area contributed by atoms with Crippen LogP contribution in [0, 0.1) is 0 Å². The molecule has 5 heteroatoms. The minimum absolute atomic E-state index is 0.618. The molecule has 4 nitrogen and oxygen atoms in total. The van der Waals surface area contributed by atoms with E-state index in [0.29, 0.717) is 17.8 Å². The number of fused-ring (bicyclic) bond motifs is 1. The van der Waals surface area contributed by atoms with Crippen LogP contribution in [0.3, 0.4) is 0 Å². The van der Waals surface area contributed by atoms with E-state index in [-0.39, 0.29) is 0 Å². The molecule has 0 aromatic heterocycles. The lowest BCUT2D eigenvalue weighted by Gasteiger charge is -2.38. The van der Waals surface area contributed by atoms with Gasteiger partial charge >= 0.3 is 7.12 Å². The molecule has 1 aromatic carbocycles. The van der Waals surface area contributed by atoms with Crippen LogP contribution < -0.4 is 10.2 Å². The fraction of sp³-hybridized carbons (Fsp3) is 0.571. The Morgan fingerprint density at radius 1 is 1.26 bits per heavy atom. The first-order chi connectivity index (χ1) is 8.72. The van der Waals surface area contributed by atoms with Crippen molar-refractivity contribution in [3.05, 3.63) is 23.8 Å². The third-order valence-electron chi connectivity index (χ3n) is 3.89. The summed E-state index contributed by atoms with van der Waals surface area (Å²) in [4.78, 5) is 0. The van der Waals surface area contributed by atoms with Crippen molar-refractivity contribution in [2.75, 3.05) is 6.61 Å². The zero-order valence-electron chi connectivity index (χ0n) is 11.9. The van der Waals surface area contributed by atoms with Gasteiger partial charge in [-0.05, 0) is 33.3 Å². The summed E-state index contributed by atoms with van der Waals surface area (Å²) >= 11 is 0. The molecule has 0 unspecified atom stereocenters. The number of rotatable bonds is 4. The van der Waals surface area contributed by atoms with Crippen molar-refractivity contribution in [2.24, 2.45) is 0 Å². The van der Waals surface area contributed by atoms with E-state index in [1.165, 1.54) is 0 Å². The maximum absolute atomic E-state index is 10.3. The maximum Gasteiger partial charge on any atom is 0.495 e. The van der Waals surface area contributed by atoms with Crippen LogP contribution in [0.5, 0.6) is 5.75 Å². The number of hydrogen-bond donors (Lipinski definition) is 2. The van der Waals surface area contributed by atoms with Gasteiger partial charge in [-0.15, -0.1) is 0 Å². The first-order valence-electron chi connectivity index (χ1n) is 6.55. The van der Waals surface area contributed by atoms with Crippen LogP contribution in [-0.4, -0.2) is 35.1 Å². The van der Waals surface area contributed by atoms with E-state index in [1.807, 2.05) is 12.1 Å². The molecule has 0 radical (unpaired) electrons. The van der Waals surface area contributed by atoms with Crippen LogP contribution in [0.15, 0.2) is 18.2 Å². The van der Waals surface area contributed by atoms with Gasteiger partial charge in [-0.1, -0.05) is 18.2 Å². The molecular weight excluding hydrogens is 243 g/mol. The lowest BCUT2D eigenvalue weighted by Crippen LogP contribution is -2.53. The number of ether oxygens (including phenoxy) is 1. The van der Waals surface area contributed by atoms with Gasteiger partial charge in [0.05, 0.1) is 17.8 Å². The van der Waals surface area contributed by atoms with Gasteiger partial charge in [0.1, 0.15) is 5.75 Å². The minimum Gasteiger partial charge on any atom is -0.493 e. The van der Waals surface area contributed by atoms with E-state index in [9.17, 15) is 10.1 Å². The monoisotopic (exact) mass is 264 g/mol. The summed E-state index contributed by atoms with van der Waals surface area (Å²) in [7, 11) is -1.12. The Kier molecular flexibility index (Phi) is 3.64. The second kappa shape index (κ2) is 4.82. The first-order valence-corrected chi connectivity index (χ1v) is 6.55. The summed E-state index contributed by atoms with van der Waals surface area (Å²) in [6.45, 7) is 7.45. The zero-order valence-corrected chi connectivity index (χ0v) is 11.9. The summed E-state index contributed by atoms with van der Waals surface area (Å²) in [5.74, 6) is 0.710. The van der Waals surface area contributed by atoms with Gasteiger partial charge in [0.25, 0.3) is 0 Å². The standard InChI is InChI=1S/C14H21BO4/c1-13(2,16)14(3,4)19-15(17)11-7-5-6-10-8-9-18-12(10)11/h5-7,16-17H,8-9H2,1-4H3. The summed E-state index contributed by atoms with van der Waals surface area (Å²) < 4.78 is 11.2. The largest absolute Gasteiger partial charge is 0.495 e. The molecule has 0 bridgehead atoms. The molecule has 1 heterocycles. The molecule has 1 aliphatic rings. The molecule has 1 aliphatic heterocycles. The molecule has 0 saturated carbocycles. The topological polar surface area (TPSA) is 58.9 Å². The number of para-hydroxylation sites is 1. The molecule has 0 atom stereocenters. The smallest absolute Gasteiger partial charge is 0.493 e. The average Bonchev–Trinajstić information content (AvgIpc) is 2.73. The number of benzene rings is 1. The Morgan fingerprint density at radius 3 is 2.58 bits per heavy atom. The van der Waals surface area contributed by atoms with Crippen LogP contribution >= 0.6 is 0 Å². The molecule has 0 aliphatic carbocycles. The zero-order chi connectivity index (χ0) is 14.3. The quantitative estimate of drug-likeness (QED) is 0.792. The number of aliphatic hydroxyl groups is 1. The lowest BCUT2D eigenvalue weighted by molar-refractivity contribution is -0.0983.